The molecule has 0 heterocycles. The molecule has 4 heteroatoms. The third-order valence-corrected chi connectivity index (χ3v) is 3.95. The number of nitrogens with zero attached hydrogens (tertiary/aromatic N) is 1. The van der Waals surface area contributed by atoms with E-state index in [0.29, 0.717) is 5.92 Å². The van der Waals surface area contributed by atoms with E-state index in [0.717, 1.165) is 26.1 Å². The molecule has 0 aromatic heterocycles. The molecular formula is C19H28Cl2N2. The van der Waals surface area contributed by atoms with Gasteiger partial charge in [0, 0.05) is 19.0 Å². The van der Waals surface area contributed by atoms with E-state index in [9.17, 15) is 0 Å². The predicted octanol–water partition coefficient (Wildman–Crippen LogP) is 4.20. The summed E-state index contributed by atoms with van der Waals surface area (Å²) in [6, 6.07) is 21.7. The van der Waals surface area contributed by atoms with Crippen LogP contribution in [0.2, 0.25) is 0 Å². The molecule has 128 valence electrons. The van der Waals surface area contributed by atoms with Crippen molar-refractivity contribution in [3.05, 3.63) is 71.8 Å². The number of benzene rings is 2. The van der Waals surface area contributed by atoms with Crippen LogP contribution in [-0.4, -0.2) is 38.6 Å². The molecule has 1 N–H and O–H groups in total. The lowest BCUT2D eigenvalue weighted by atomic mass is 9.88. The number of halogens is 2. The Balaban J connectivity index is 0.00000242. The fourth-order valence-corrected chi connectivity index (χ4v) is 2.66. The van der Waals surface area contributed by atoms with E-state index in [4.69, 9.17) is 0 Å². The summed E-state index contributed by atoms with van der Waals surface area (Å²) in [5, 5.41) is 3.21. The summed E-state index contributed by atoms with van der Waals surface area (Å²) in [4.78, 5) is 2.40. The minimum atomic E-state index is 0. The average Bonchev–Trinajstić information content (AvgIpc) is 2.55. The maximum absolute atomic E-state index is 3.21. The van der Waals surface area contributed by atoms with Gasteiger partial charge in [0.15, 0.2) is 0 Å². The van der Waals surface area contributed by atoms with Gasteiger partial charge in [-0.25, -0.2) is 0 Å². The highest BCUT2D eigenvalue weighted by atomic mass is 35.5. The molecule has 0 amide bonds. The topological polar surface area (TPSA) is 15.3 Å². The van der Waals surface area contributed by atoms with Gasteiger partial charge in [0.25, 0.3) is 0 Å². The second-order valence-electron chi connectivity index (χ2n) is 5.57. The summed E-state index contributed by atoms with van der Waals surface area (Å²) in [6.07, 6.45) is 1.15. The van der Waals surface area contributed by atoms with Crippen molar-refractivity contribution in [2.45, 2.75) is 12.3 Å². The molecule has 2 rings (SSSR count). The van der Waals surface area contributed by atoms with E-state index in [1.807, 2.05) is 7.05 Å². The van der Waals surface area contributed by atoms with Gasteiger partial charge in [-0.15, -0.1) is 24.8 Å². The van der Waals surface area contributed by atoms with Crippen molar-refractivity contribution in [3.63, 3.8) is 0 Å². The average molecular weight is 355 g/mol. The van der Waals surface area contributed by atoms with Crippen molar-refractivity contribution in [2.75, 3.05) is 33.7 Å². The van der Waals surface area contributed by atoms with Crippen molar-refractivity contribution in [1.29, 1.82) is 0 Å². The fraction of sp³-hybridized carbons (Fsp3) is 0.368. The van der Waals surface area contributed by atoms with Gasteiger partial charge >= 0.3 is 0 Å². The Bertz CT molecular complexity index is 466. The zero-order valence-electron chi connectivity index (χ0n) is 13.9. The smallest absolute Gasteiger partial charge is 0.0104 e. The van der Waals surface area contributed by atoms with Gasteiger partial charge in [-0.3, -0.25) is 0 Å². The second-order valence-corrected chi connectivity index (χ2v) is 5.57. The molecule has 0 aliphatic carbocycles. The fourth-order valence-electron chi connectivity index (χ4n) is 2.66. The highest BCUT2D eigenvalue weighted by molar-refractivity contribution is 5.85. The quantitative estimate of drug-likeness (QED) is 0.763. The van der Waals surface area contributed by atoms with Crippen LogP contribution in [0.15, 0.2) is 60.7 Å². The molecule has 2 nitrogen and oxygen atoms in total. The van der Waals surface area contributed by atoms with E-state index in [-0.39, 0.29) is 24.8 Å². The van der Waals surface area contributed by atoms with Crippen molar-refractivity contribution >= 4 is 24.8 Å². The lowest BCUT2D eigenvalue weighted by Crippen LogP contribution is -2.29. The molecule has 0 unspecified atom stereocenters. The Morgan fingerprint density at radius 3 is 1.74 bits per heavy atom. The summed E-state index contributed by atoms with van der Waals surface area (Å²) in [7, 11) is 4.20. The number of likely N-dealkylation sites (N-methyl/N-ethyl adjacent to an activating group) is 2. The Morgan fingerprint density at radius 1 is 0.826 bits per heavy atom. The van der Waals surface area contributed by atoms with Crippen LogP contribution in [0.25, 0.3) is 0 Å². The van der Waals surface area contributed by atoms with Crippen LogP contribution in [0.5, 0.6) is 0 Å². The number of hydrogen-bond donors (Lipinski definition) is 1. The molecule has 0 bridgehead atoms. The van der Waals surface area contributed by atoms with Crippen LogP contribution < -0.4 is 5.32 Å². The van der Waals surface area contributed by atoms with Gasteiger partial charge in [0.05, 0.1) is 0 Å². The summed E-state index contributed by atoms with van der Waals surface area (Å²) >= 11 is 0. The van der Waals surface area contributed by atoms with Crippen LogP contribution in [0.4, 0.5) is 0 Å². The zero-order valence-corrected chi connectivity index (χ0v) is 15.6. The zero-order chi connectivity index (χ0) is 14.9. The van der Waals surface area contributed by atoms with Crippen LogP contribution in [0.1, 0.15) is 23.5 Å². The molecule has 23 heavy (non-hydrogen) atoms. The molecular weight excluding hydrogens is 327 g/mol. The Hall–Kier alpha value is -1.06. The van der Waals surface area contributed by atoms with E-state index >= 15 is 0 Å². The first-order valence-corrected chi connectivity index (χ1v) is 7.74. The second kappa shape index (κ2) is 12.4. The van der Waals surface area contributed by atoms with Crippen LogP contribution in [-0.2, 0) is 0 Å². The summed E-state index contributed by atoms with van der Waals surface area (Å²) in [5.41, 5.74) is 2.82. The standard InChI is InChI=1S/C19H26N2.2ClH/c1-20-14-16-21(2)15-13-19(17-9-5-3-6-10-17)18-11-7-4-8-12-18;;/h3-12,19-20H,13-16H2,1-2H3;2*1H. The highest BCUT2D eigenvalue weighted by Gasteiger charge is 2.14. The van der Waals surface area contributed by atoms with Crippen LogP contribution in [0, 0.1) is 0 Å². The van der Waals surface area contributed by atoms with E-state index in [2.05, 4.69) is 77.9 Å². The molecule has 2 aromatic carbocycles. The molecule has 0 saturated carbocycles. The Morgan fingerprint density at radius 2 is 1.30 bits per heavy atom. The predicted molar refractivity (Wildman–Crippen MR) is 105 cm³/mol. The molecule has 0 saturated heterocycles. The maximum Gasteiger partial charge on any atom is 0.0104 e. The van der Waals surface area contributed by atoms with E-state index < -0.39 is 0 Å². The first-order valence-electron chi connectivity index (χ1n) is 7.74. The molecule has 0 atom stereocenters. The first kappa shape index (κ1) is 21.9. The Labute approximate surface area is 153 Å². The van der Waals surface area contributed by atoms with E-state index in [1.54, 1.807) is 0 Å². The summed E-state index contributed by atoms with van der Waals surface area (Å²) < 4.78 is 0. The van der Waals surface area contributed by atoms with Gasteiger partial charge in [-0.05, 0) is 38.2 Å². The van der Waals surface area contributed by atoms with Gasteiger partial charge in [-0.2, -0.15) is 0 Å². The van der Waals surface area contributed by atoms with Crippen molar-refractivity contribution < 1.29 is 0 Å². The van der Waals surface area contributed by atoms with Crippen molar-refractivity contribution in [3.8, 4) is 0 Å². The first-order chi connectivity index (χ1) is 10.3. The van der Waals surface area contributed by atoms with Crippen molar-refractivity contribution in [1.82, 2.24) is 10.2 Å². The largest absolute Gasteiger partial charge is 0.318 e. The number of rotatable bonds is 8. The maximum atomic E-state index is 3.21. The minimum Gasteiger partial charge on any atom is -0.318 e. The summed E-state index contributed by atoms with van der Waals surface area (Å²) in [6.45, 7) is 3.24. The van der Waals surface area contributed by atoms with Gasteiger partial charge < -0.3 is 10.2 Å². The lowest BCUT2D eigenvalue weighted by Gasteiger charge is -2.22. The minimum absolute atomic E-state index is 0. The summed E-state index contributed by atoms with van der Waals surface area (Å²) in [5.74, 6) is 0.476. The normalized spacial score (nSPS) is 10.3. The Kier molecular flexibility index (Phi) is 11.8. The molecule has 0 fully saturated rings. The third kappa shape index (κ3) is 7.36. The molecule has 0 spiro atoms. The molecule has 0 aliphatic heterocycles. The molecule has 0 radical (unpaired) electrons. The lowest BCUT2D eigenvalue weighted by molar-refractivity contribution is 0.324. The monoisotopic (exact) mass is 354 g/mol. The van der Waals surface area contributed by atoms with Gasteiger partial charge in [0.1, 0.15) is 0 Å². The van der Waals surface area contributed by atoms with Gasteiger partial charge in [0.2, 0.25) is 0 Å². The van der Waals surface area contributed by atoms with Crippen LogP contribution in [0.3, 0.4) is 0 Å². The van der Waals surface area contributed by atoms with Gasteiger partial charge in [-0.1, -0.05) is 60.7 Å². The van der Waals surface area contributed by atoms with E-state index in [1.165, 1.54) is 11.1 Å². The third-order valence-electron chi connectivity index (χ3n) is 3.95. The molecule has 0 aliphatic rings. The highest BCUT2D eigenvalue weighted by Crippen LogP contribution is 2.27. The number of hydrogen-bond acceptors (Lipinski definition) is 2. The number of nitrogens with one attached hydrogen (secondary N) is 1. The van der Waals surface area contributed by atoms with Crippen molar-refractivity contribution in [2.24, 2.45) is 0 Å². The SMILES string of the molecule is CNCCN(C)CCC(c1ccccc1)c1ccccc1.Cl.Cl. The van der Waals surface area contributed by atoms with Crippen LogP contribution >= 0.6 is 24.8 Å². The molecule has 2 aromatic rings.